The first-order valence-electron chi connectivity index (χ1n) is 15.8. The summed E-state index contributed by atoms with van der Waals surface area (Å²) in [6.45, 7) is 11.2. The summed E-state index contributed by atoms with van der Waals surface area (Å²) in [6, 6.07) is 23.1. The molecule has 7 nitrogen and oxygen atoms in total. The van der Waals surface area contributed by atoms with Gasteiger partial charge in [-0.25, -0.2) is 0 Å². The quantitative estimate of drug-likeness (QED) is 0.277. The smallest absolute Gasteiger partial charge is 0.251 e. The van der Waals surface area contributed by atoms with Crippen LogP contribution in [0.5, 0.6) is 0 Å². The summed E-state index contributed by atoms with van der Waals surface area (Å²) in [4.78, 5) is 49.1. The van der Waals surface area contributed by atoms with Crippen LogP contribution in [0.1, 0.15) is 25.3 Å². The number of anilines is 1. The average Bonchev–Trinajstić information content (AvgIpc) is 3.65. The molecule has 3 aliphatic heterocycles. The molecule has 234 valence electrons. The molecule has 2 bridgehead atoms. The molecule has 0 aromatic heterocycles. The van der Waals surface area contributed by atoms with Crippen LogP contribution in [0.2, 0.25) is 0 Å². The van der Waals surface area contributed by atoms with Gasteiger partial charge in [-0.15, -0.1) is 24.9 Å². The molecule has 0 radical (unpaired) electrons. The maximum absolute atomic E-state index is 14.9. The molecule has 1 spiro atoms. The van der Waals surface area contributed by atoms with E-state index in [-0.39, 0.29) is 48.6 Å². The second-order valence-electron chi connectivity index (χ2n) is 12.4. The molecule has 3 aromatic carbocycles. The van der Waals surface area contributed by atoms with Gasteiger partial charge in [-0.05, 0) is 47.2 Å². The highest BCUT2D eigenvalue weighted by Crippen LogP contribution is 2.69. The lowest BCUT2D eigenvalue weighted by atomic mass is 9.65. The van der Waals surface area contributed by atoms with Crippen LogP contribution in [-0.2, 0) is 20.9 Å². The van der Waals surface area contributed by atoms with Gasteiger partial charge in [0.2, 0.25) is 11.8 Å². The molecule has 3 heterocycles. The van der Waals surface area contributed by atoms with Crippen molar-refractivity contribution in [3.05, 3.63) is 104 Å². The van der Waals surface area contributed by atoms with Crippen LogP contribution in [0.15, 0.2) is 98.1 Å². The predicted molar refractivity (Wildman–Crippen MR) is 181 cm³/mol. The Kier molecular flexibility index (Phi) is 8.89. The molecule has 3 amide bonds. The minimum Gasteiger partial charge on any atom is -0.396 e. The van der Waals surface area contributed by atoms with Crippen molar-refractivity contribution >= 4 is 45.9 Å². The lowest BCUT2D eigenvalue weighted by Crippen LogP contribution is -2.57. The van der Waals surface area contributed by atoms with Gasteiger partial charge in [0, 0.05) is 43.7 Å². The van der Waals surface area contributed by atoms with Gasteiger partial charge >= 0.3 is 0 Å². The van der Waals surface area contributed by atoms with E-state index in [0.717, 1.165) is 28.4 Å². The molecule has 0 saturated carbocycles. The minimum atomic E-state index is -0.766. The number of rotatable bonds is 12. The number of fused-ring (bicyclic) bond motifs is 2. The maximum atomic E-state index is 14.9. The van der Waals surface area contributed by atoms with Crippen molar-refractivity contribution in [1.29, 1.82) is 0 Å². The van der Waals surface area contributed by atoms with Crippen molar-refractivity contribution in [2.24, 2.45) is 17.8 Å². The minimum absolute atomic E-state index is 0.0442. The fourth-order valence-corrected chi connectivity index (χ4v) is 10.3. The zero-order valence-electron chi connectivity index (χ0n) is 25.8. The van der Waals surface area contributed by atoms with Crippen LogP contribution < -0.4 is 4.90 Å². The number of carbonyl (C=O) groups is 3. The molecule has 8 heteroatoms. The molecule has 3 aromatic rings. The van der Waals surface area contributed by atoms with E-state index in [2.05, 4.69) is 20.1 Å². The van der Waals surface area contributed by atoms with Crippen molar-refractivity contribution < 1.29 is 19.5 Å². The van der Waals surface area contributed by atoms with Gasteiger partial charge in [0.15, 0.2) is 0 Å². The van der Waals surface area contributed by atoms with Crippen molar-refractivity contribution in [2.45, 2.75) is 42.3 Å². The average molecular weight is 624 g/mol. The van der Waals surface area contributed by atoms with Gasteiger partial charge < -0.3 is 19.8 Å². The molecule has 1 N–H and O–H groups in total. The molecular formula is C37H41N3O4S. The number of benzene rings is 3. The van der Waals surface area contributed by atoms with Crippen molar-refractivity contribution in [2.75, 3.05) is 31.1 Å². The normalized spacial score (nSPS) is 26.6. The van der Waals surface area contributed by atoms with E-state index in [1.54, 1.807) is 38.6 Å². The summed E-state index contributed by atoms with van der Waals surface area (Å²) in [5, 5.41) is 11.8. The molecule has 6 atom stereocenters. The second-order valence-corrected chi connectivity index (χ2v) is 14.0. The summed E-state index contributed by atoms with van der Waals surface area (Å²) in [7, 11) is 0. The summed E-state index contributed by atoms with van der Waals surface area (Å²) in [5.74, 6) is -1.50. The third-order valence-corrected chi connectivity index (χ3v) is 11.9. The van der Waals surface area contributed by atoms with E-state index in [4.69, 9.17) is 0 Å². The predicted octanol–water partition coefficient (Wildman–Crippen LogP) is 5.29. The zero-order valence-corrected chi connectivity index (χ0v) is 26.6. The first-order chi connectivity index (χ1) is 21.8. The summed E-state index contributed by atoms with van der Waals surface area (Å²) >= 11 is 1.67. The van der Waals surface area contributed by atoms with E-state index in [9.17, 15) is 19.5 Å². The molecule has 45 heavy (non-hydrogen) atoms. The molecule has 0 aliphatic carbocycles. The van der Waals surface area contributed by atoms with Crippen LogP contribution in [0.3, 0.4) is 0 Å². The highest BCUT2D eigenvalue weighted by molar-refractivity contribution is 8.02. The third-order valence-electron chi connectivity index (χ3n) is 9.82. The Bertz CT molecular complexity index is 1610. The van der Waals surface area contributed by atoms with E-state index < -0.39 is 22.6 Å². The Morgan fingerprint density at radius 3 is 2.42 bits per heavy atom. The van der Waals surface area contributed by atoms with Crippen LogP contribution in [0.4, 0.5) is 5.69 Å². The number of likely N-dealkylation sites (tertiary alicyclic amines) is 1. The standard InChI is InChI=1S/C37H41N3O4S/c1-4-18-38(24-26-12-7-6-8-13-26)34(42)31-30-22-25(3)37(45-30)32(31)35(43)40(20-11-21-41)33(37)36(44)39(19-5-2)29-17-16-27-14-9-10-15-28(27)23-29/h4-10,12-17,23,25,30-33,41H,1-2,11,18-22,24H2,3H3/t25?,30-,31+,32-,33?,37?/m0/s1. The lowest BCUT2D eigenvalue weighted by molar-refractivity contribution is -0.144. The molecular weight excluding hydrogens is 582 g/mol. The highest BCUT2D eigenvalue weighted by atomic mass is 32.2. The van der Waals surface area contributed by atoms with Crippen molar-refractivity contribution in [3.8, 4) is 0 Å². The number of aliphatic hydroxyl groups is 1. The number of aliphatic hydroxyl groups excluding tert-OH is 1. The SMILES string of the molecule is C=CCN(Cc1ccccc1)C(=O)[C@@H]1[C@@H]2CC(C)C3(S2)C(C(=O)N(CC=C)c2ccc4ccccc4c2)N(CCCO)C(=O)[C@H]13. The van der Waals surface area contributed by atoms with Gasteiger partial charge in [-0.3, -0.25) is 14.4 Å². The van der Waals surface area contributed by atoms with Crippen LogP contribution >= 0.6 is 11.8 Å². The Hall–Kier alpha value is -3.88. The Labute approximate surface area is 269 Å². The fraction of sp³-hybridized carbons (Fsp3) is 0.378. The topological polar surface area (TPSA) is 81.2 Å². The van der Waals surface area contributed by atoms with Crippen LogP contribution in [0.25, 0.3) is 10.8 Å². The number of carbonyl (C=O) groups excluding carboxylic acids is 3. The monoisotopic (exact) mass is 623 g/mol. The Morgan fingerprint density at radius 1 is 1.00 bits per heavy atom. The highest BCUT2D eigenvalue weighted by Gasteiger charge is 2.76. The van der Waals surface area contributed by atoms with Gasteiger partial charge in [-0.2, -0.15) is 0 Å². The van der Waals surface area contributed by atoms with Crippen LogP contribution in [0, 0.1) is 17.8 Å². The zero-order chi connectivity index (χ0) is 31.7. The number of hydrogen-bond donors (Lipinski definition) is 1. The molecule has 6 rings (SSSR count). The summed E-state index contributed by atoms with van der Waals surface area (Å²) in [5.41, 5.74) is 1.75. The third kappa shape index (κ3) is 5.28. The number of hydrogen-bond acceptors (Lipinski definition) is 5. The molecule has 3 unspecified atom stereocenters. The van der Waals surface area contributed by atoms with Crippen LogP contribution in [-0.4, -0.2) is 74.9 Å². The number of amides is 3. The molecule has 3 aliphatic rings. The van der Waals surface area contributed by atoms with E-state index >= 15 is 0 Å². The van der Waals surface area contributed by atoms with E-state index in [0.29, 0.717) is 19.5 Å². The Morgan fingerprint density at radius 2 is 1.71 bits per heavy atom. The van der Waals surface area contributed by atoms with Crippen molar-refractivity contribution in [3.63, 3.8) is 0 Å². The largest absolute Gasteiger partial charge is 0.396 e. The molecule has 3 fully saturated rings. The van der Waals surface area contributed by atoms with Gasteiger partial charge in [-0.1, -0.05) is 79.7 Å². The van der Waals surface area contributed by atoms with Gasteiger partial charge in [0.1, 0.15) is 6.04 Å². The second kappa shape index (κ2) is 12.9. The summed E-state index contributed by atoms with van der Waals surface area (Å²) < 4.78 is -0.753. The van der Waals surface area contributed by atoms with Crippen molar-refractivity contribution in [1.82, 2.24) is 9.80 Å². The number of nitrogens with zero attached hydrogens (tertiary/aromatic N) is 3. The number of thioether (sulfide) groups is 1. The Balaban J connectivity index is 1.39. The first-order valence-corrected chi connectivity index (χ1v) is 16.7. The summed E-state index contributed by atoms with van der Waals surface area (Å²) in [6.07, 6.45) is 4.55. The fourth-order valence-electron chi connectivity index (χ4n) is 7.91. The lowest BCUT2D eigenvalue weighted by Gasteiger charge is -2.41. The molecule has 3 saturated heterocycles. The maximum Gasteiger partial charge on any atom is 0.251 e. The van der Waals surface area contributed by atoms with Gasteiger partial charge in [0.05, 0.1) is 16.6 Å². The van der Waals surface area contributed by atoms with E-state index in [1.165, 1.54) is 0 Å². The van der Waals surface area contributed by atoms with E-state index in [1.807, 2.05) is 72.8 Å². The first kappa shape index (κ1) is 31.1. The van der Waals surface area contributed by atoms with Gasteiger partial charge in [0.25, 0.3) is 5.91 Å².